The van der Waals surface area contributed by atoms with Crippen LogP contribution in [-0.4, -0.2) is 34.6 Å². The van der Waals surface area contributed by atoms with E-state index in [0.717, 1.165) is 25.4 Å². The Morgan fingerprint density at radius 1 is 1.15 bits per heavy atom. The summed E-state index contributed by atoms with van der Waals surface area (Å²) in [5.74, 6) is 1.72. The number of ether oxygens (including phenoxy) is 1. The number of hydrogen-bond donors (Lipinski definition) is 1. The second kappa shape index (κ2) is 7.26. The molecule has 0 aliphatic carbocycles. The molecule has 1 aliphatic rings. The molecule has 6 heteroatoms. The van der Waals surface area contributed by atoms with Crippen molar-refractivity contribution in [2.24, 2.45) is 5.92 Å². The third kappa shape index (κ3) is 3.95. The second-order valence-electron chi connectivity index (χ2n) is 5.34. The number of nitrogen functional groups attached to an aromatic ring is 1. The zero-order valence-electron chi connectivity index (χ0n) is 12.5. The first-order valence-electron chi connectivity index (χ1n) is 7.62. The van der Waals surface area contributed by atoms with E-state index in [4.69, 9.17) is 10.5 Å². The summed E-state index contributed by atoms with van der Waals surface area (Å²) in [5.41, 5.74) is 5.74. The zero-order valence-corrected chi connectivity index (χ0v) is 12.5. The van der Waals surface area contributed by atoms with Crippen LogP contribution in [0.15, 0.2) is 0 Å². The Morgan fingerprint density at radius 3 is 2.55 bits per heavy atom. The highest BCUT2D eigenvalue weighted by atomic mass is 16.5. The molecule has 1 aromatic heterocycles. The lowest BCUT2D eigenvalue weighted by Crippen LogP contribution is -2.35. The minimum Gasteiger partial charge on any atom is -0.463 e. The van der Waals surface area contributed by atoms with Gasteiger partial charge in [-0.1, -0.05) is 26.7 Å². The van der Waals surface area contributed by atoms with Gasteiger partial charge in [-0.15, -0.1) is 0 Å². The van der Waals surface area contributed by atoms with Crippen molar-refractivity contribution < 1.29 is 4.74 Å². The van der Waals surface area contributed by atoms with Crippen molar-refractivity contribution in [2.45, 2.75) is 46.0 Å². The van der Waals surface area contributed by atoms with Crippen LogP contribution < -0.4 is 15.4 Å². The molecule has 0 spiro atoms. The van der Waals surface area contributed by atoms with Gasteiger partial charge in [0.15, 0.2) is 0 Å². The summed E-state index contributed by atoms with van der Waals surface area (Å²) in [6, 6.07) is 0.338. The van der Waals surface area contributed by atoms with E-state index in [2.05, 4.69) is 26.8 Å². The van der Waals surface area contributed by atoms with Crippen molar-refractivity contribution in [3.8, 4) is 6.01 Å². The van der Waals surface area contributed by atoms with Crippen molar-refractivity contribution in [3.05, 3.63) is 0 Å². The number of nitrogens with zero attached hydrogens (tertiary/aromatic N) is 4. The molecule has 0 radical (unpaired) electrons. The van der Waals surface area contributed by atoms with Crippen LogP contribution in [-0.2, 0) is 0 Å². The highest BCUT2D eigenvalue weighted by Gasteiger charge is 2.21. The van der Waals surface area contributed by atoms with Crippen LogP contribution >= 0.6 is 0 Å². The molecule has 2 heterocycles. The van der Waals surface area contributed by atoms with E-state index in [1.54, 1.807) is 0 Å². The van der Waals surface area contributed by atoms with E-state index < -0.39 is 0 Å². The lowest BCUT2D eigenvalue weighted by atomic mass is 9.93. The van der Waals surface area contributed by atoms with Crippen molar-refractivity contribution in [1.82, 2.24) is 15.0 Å². The second-order valence-corrected chi connectivity index (χ2v) is 5.34. The highest BCUT2D eigenvalue weighted by molar-refractivity contribution is 5.36. The summed E-state index contributed by atoms with van der Waals surface area (Å²) in [4.78, 5) is 14.8. The first-order valence-corrected chi connectivity index (χ1v) is 7.62. The van der Waals surface area contributed by atoms with Gasteiger partial charge in [-0.05, 0) is 25.2 Å². The van der Waals surface area contributed by atoms with Gasteiger partial charge in [0.2, 0.25) is 11.9 Å². The monoisotopic (exact) mass is 279 g/mol. The topological polar surface area (TPSA) is 77.2 Å². The van der Waals surface area contributed by atoms with Crippen LogP contribution in [0.2, 0.25) is 0 Å². The first-order chi connectivity index (χ1) is 9.72. The van der Waals surface area contributed by atoms with Crippen molar-refractivity contribution in [3.63, 3.8) is 0 Å². The molecule has 0 atom stereocenters. The van der Waals surface area contributed by atoms with Crippen LogP contribution in [0, 0.1) is 5.92 Å². The quantitative estimate of drug-likeness (QED) is 0.860. The number of rotatable bonds is 6. The minimum atomic E-state index is 0.233. The molecule has 1 fully saturated rings. The molecule has 112 valence electrons. The van der Waals surface area contributed by atoms with Gasteiger partial charge in [0.05, 0.1) is 6.61 Å². The summed E-state index contributed by atoms with van der Waals surface area (Å²) < 4.78 is 5.46. The summed E-state index contributed by atoms with van der Waals surface area (Å²) >= 11 is 0. The normalized spacial score (nSPS) is 16.4. The maximum atomic E-state index is 5.74. The maximum Gasteiger partial charge on any atom is 0.323 e. The number of nitrogens with two attached hydrogens (primary N) is 1. The molecule has 6 nitrogen and oxygen atoms in total. The van der Waals surface area contributed by atoms with E-state index in [9.17, 15) is 0 Å². The molecule has 0 bridgehead atoms. The third-order valence-electron chi connectivity index (χ3n) is 3.65. The molecule has 0 saturated carbocycles. The summed E-state index contributed by atoms with van der Waals surface area (Å²) in [5, 5.41) is 0. The molecule has 0 aromatic carbocycles. The molecule has 1 aliphatic heterocycles. The average molecular weight is 279 g/mol. The third-order valence-corrected chi connectivity index (χ3v) is 3.65. The molecular formula is C14H25N5O. The van der Waals surface area contributed by atoms with E-state index in [0.29, 0.717) is 18.6 Å². The lowest BCUT2D eigenvalue weighted by Gasteiger charge is -2.31. The molecule has 1 saturated heterocycles. The Labute approximate surface area is 120 Å². The molecule has 1 aromatic rings. The van der Waals surface area contributed by atoms with Crippen LogP contribution in [0.4, 0.5) is 11.9 Å². The molecule has 0 amide bonds. The summed E-state index contributed by atoms with van der Waals surface area (Å²) in [6.07, 6.45) is 5.90. The molecule has 0 unspecified atom stereocenters. The summed E-state index contributed by atoms with van der Waals surface area (Å²) in [6.45, 7) is 6.87. The van der Waals surface area contributed by atoms with Gasteiger partial charge in [-0.25, -0.2) is 0 Å². The smallest absolute Gasteiger partial charge is 0.323 e. The van der Waals surface area contributed by atoms with Gasteiger partial charge in [0.25, 0.3) is 0 Å². The van der Waals surface area contributed by atoms with Crippen molar-refractivity contribution in [1.29, 1.82) is 0 Å². The predicted molar refractivity (Wildman–Crippen MR) is 79.9 cm³/mol. The molecular weight excluding hydrogens is 254 g/mol. The average Bonchev–Trinajstić information content (AvgIpc) is 2.46. The molecule has 2 rings (SSSR count). The fourth-order valence-corrected chi connectivity index (χ4v) is 2.59. The number of hydrogen-bond acceptors (Lipinski definition) is 6. The van der Waals surface area contributed by atoms with E-state index in [-0.39, 0.29) is 5.95 Å². The Bertz CT molecular complexity index is 418. The van der Waals surface area contributed by atoms with E-state index in [1.807, 2.05) is 6.92 Å². The van der Waals surface area contributed by atoms with Gasteiger partial charge in [0.1, 0.15) is 0 Å². The zero-order chi connectivity index (χ0) is 14.4. The Hall–Kier alpha value is -1.59. The number of anilines is 2. The Balaban J connectivity index is 2.00. The minimum absolute atomic E-state index is 0.233. The van der Waals surface area contributed by atoms with E-state index >= 15 is 0 Å². The van der Waals surface area contributed by atoms with Gasteiger partial charge in [-0.2, -0.15) is 15.0 Å². The fourth-order valence-electron chi connectivity index (χ4n) is 2.59. The maximum absolute atomic E-state index is 5.74. The standard InChI is InChI=1S/C14H25N5O/c1-3-5-11-6-8-19(9-7-11)13-16-12(15)17-14(18-13)20-10-4-2/h11H,3-10H2,1-2H3,(H2,15,16,17,18). The van der Waals surface area contributed by atoms with Crippen molar-refractivity contribution in [2.75, 3.05) is 30.3 Å². The van der Waals surface area contributed by atoms with Crippen LogP contribution in [0.3, 0.4) is 0 Å². The highest BCUT2D eigenvalue weighted by Crippen LogP contribution is 2.24. The van der Waals surface area contributed by atoms with Crippen molar-refractivity contribution >= 4 is 11.9 Å². The molecule has 2 N–H and O–H groups in total. The lowest BCUT2D eigenvalue weighted by molar-refractivity contribution is 0.291. The van der Waals surface area contributed by atoms with Gasteiger partial charge in [0, 0.05) is 13.1 Å². The Kier molecular flexibility index (Phi) is 5.38. The van der Waals surface area contributed by atoms with E-state index in [1.165, 1.54) is 25.7 Å². The largest absolute Gasteiger partial charge is 0.463 e. The Morgan fingerprint density at radius 2 is 1.90 bits per heavy atom. The SMILES string of the molecule is CCCOc1nc(N)nc(N2CCC(CCC)CC2)n1. The fraction of sp³-hybridized carbons (Fsp3) is 0.786. The van der Waals surface area contributed by atoms with Gasteiger partial charge >= 0.3 is 6.01 Å². The van der Waals surface area contributed by atoms with Crippen LogP contribution in [0.25, 0.3) is 0 Å². The van der Waals surface area contributed by atoms with Gasteiger partial charge < -0.3 is 15.4 Å². The summed E-state index contributed by atoms with van der Waals surface area (Å²) in [7, 11) is 0. The van der Waals surface area contributed by atoms with Crippen LogP contribution in [0.5, 0.6) is 6.01 Å². The first kappa shape index (κ1) is 14.8. The number of aromatic nitrogens is 3. The molecule has 20 heavy (non-hydrogen) atoms. The van der Waals surface area contributed by atoms with Crippen LogP contribution in [0.1, 0.15) is 46.0 Å². The number of piperidine rings is 1. The van der Waals surface area contributed by atoms with Gasteiger partial charge in [-0.3, -0.25) is 0 Å². The predicted octanol–water partition coefficient (Wildman–Crippen LogP) is 2.26.